The molecule has 4 heteroatoms. The standard InChI is InChI=1S/C13H18ClFN2/c1-9(10-4-6-16-7-5-10)17-11-2-3-13(15)12(14)8-11/h2-3,8-10,16-17H,4-7H2,1H3. The van der Waals surface area contributed by atoms with Crippen LogP contribution in [-0.2, 0) is 0 Å². The molecule has 2 nitrogen and oxygen atoms in total. The smallest absolute Gasteiger partial charge is 0.141 e. The van der Waals surface area contributed by atoms with Crippen molar-refractivity contribution in [1.82, 2.24) is 5.32 Å². The van der Waals surface area contributed by atoms with Gasteiger partial charge in [-0.25, -0.2) is 4.39 Å². The molecule has 0 bridgehead atoms. The fourth-order valence-electron chi connectivity index (χ4n) is 2.31. The fourth-order valence-corrected chi connectivity index (χ4v) is 2.49. The minimum Gasteiger partial charge on any atom is -0.382 e. The maximum atomic E-state index is 13.0. The van der Waals surface area contributed by atoms with Gasteiger partial charge in [0.05, 0.1) is 5.02 Å². The van der Waals surface area contributed by atoms with Gasteiger partial charge < -0.3 is 10.6 Å². The van der Waals surface area contributed by atoms with E-state index < -0.39 is 0 Å². The van der Waals surface area contributed by atoms with E-state index in [-0.39, 0.29) is 10.8 Å². The van der Waals surface area contributed by atoms with Gasteiger partial charge in [0.2, 0.25) is 0 Å². The predicted octanol–water partition coefficient (Wildman–Crippen LogP) is 3.28. The quantitative estimate of drug-likeness (QED) is 0.867. The Kier molecular flexibility index (Phi) is 4.24. The van der Waals surface area contributed by atoms with Gasteiger partial charge in [0.25, 0.3) is 0 Å². The molecule has 1 saturated heterocycles. The van der Waals surface area contributed by atoms with Crippen molar-refractivity contribution >= 4 is 17.3 Å². The Labute approximate surface area is 107 Å². The maximum Gasteiger partial charge on any atom is 0.141 e. The van der Waals surface area contributed by atoms with Crippen molar-refractivity contribution in [2.24, 2.45) is 5.92 Å². The molecule has 0 radical (unpaired) electrons. The second-order valence-electron chi connectivity index (χ2n) is 4.65. The number of piperidine rings is 1. The number of hydrogen-bond acceptors (Lipinski definition) is 2. The zero-order valence-electron chi connectivity index (χ0n) is 9.97. The van der Waals surface area contributed by atoms with E-state index in [0.717, 1.165) is 18.8 Å². The van der Waals surface area contributed by atoms with Crippen molar-refractivity contribution in [1.29, 1.82) is 0 Å². The molecule has 0 aliphatic carbocycles. The Hall–Kier alpha value is -0.800. The summed E-state index contributed by atoms with van der Waals surface area (Å²) in [7, 11) is 0. The molecule has 0 amide bonds. The molecule has 94 valence electrons. The Morgan fingerprint density at radius 3 is 2.76 bits per heavy atom. The van der Waals surface area contributed by atoms with E-state index in [0.29, 0.717) is 12.0 Å². The SMILES string of the molecule is CC(Nc1ccc(F)c(Cl)c1)C1CCNCC1. The van der Waals surface area contributed by atoms with E-state index >= 15 is 0 Å². The van der Waals surface area contributed by atoms with Gasteiger partial charge >= 0.3 is 0 Å². The Bertz CT molecular complexity index is 378. The molecule has 1 aromatic carbocycles. The van der Waals surface area contributed by atoms with Gasteiger partial charge in [0.15, 0.2) is 0 Å². The van der Waals surface area contributed by atoms with Gasteiger partial charge in [-0.2, -0.15) is 0 Å². The summed E-state index contributed by atoms with van der Waals surface area (Å²) in [6, 6.07) is 5.17. The van der Waals surface area contributed by atoms with Crippen molar-refractivity contribution in [3.05, 3.63) is 29.0 Å². The third-order valence-corrected chi connectivity index (χ3v) is 3.69. The van der Waals surface area contributed by atoms with Crippen molar-refractivity contribution in [3.8, 4) is 0 Å². The predicted molar refractivity (Wildman–Crippen MR) is 70.1 cm³/mol. The van der Waals surface area contributed by atoms with Crippen LogP contribution >= 0.6 is 11.6 Å². The first-order valence-corrected chi connectivity index (χ1v) is 6.47. The van der Waals surface area contributed by atoms with Crippen LogP contribution in [0.15, 0.2) is 18.2 Å². The van der Waals surface area contributed by atoms with Crippen LogP contribution in [0.5, 0.6) is 0 Å². The van der Waals surface area contributed by atoms with Crippen molar-refractivity contribution in [2.45, 2.75) is 25.8 Å². The molecular weight excluding hydrogens is 239 g/mol. The molecule has 1 aliphatic heterocycles. The van der Waals surface area contributed by atoms with Crippen LogP contribution in [0.1, 0.15) is 19.8 Å². The minimum atomic E-state index is -0.369. The monoisotopic (exact) mass is 256 g/mol. The second kappa shape index (κ2) is 5.69. The Morgan fingerprint density at radius 2 is 2.12 bits per heavy atom. The highest BCUT2D eigenvalue weighted by Gasteiger charge is 2.19. The lowest BCUT2D eigenvalue weighted by atomic mass is 9.91. The molecule has 2 N–H and O–H groups in total. The van der Waals surface area contributed by atoms with Crippen LogP contribution in [-0.4, -0.2) is 19.1 Å². The molecule has 0 spiro atoms. The summed E-state index contributed by atoms with van der Waals surface area (Å²) in [5.41, 5.74) is 0.891. The van der Waals surface area contributed by atoms with Crippen molar-refractivity contribution in [3.63, 3.8) is 0 Å². The molecule has 1 aromatic rings. The molecule has 1 aliphatic rings. The lowest BCUT2D eigenvalue weighted by molar-refractivity contribution is 0.343. The van der Waals surface area contributed by atoms with Crippen molar-refractivity contribution in [2.75, 3.05) is 18.4 Å². The molecule has 0 saturated carbocycles. The normalized spacial score (nSPS) is 19.0. The van der Waals surface area contributed by atoms with E-state index in [1.165, 1.54) is 18.9 Å². The van der Waals surface area contributed by atoms with E-state index in [9.17, 15) is 4.39 Å². The van der Waals surface area contributed by atoms with Crippen LogP contribution in [0.3, 0.4) is 0 Å². The topological polar surface area (TPSA) is 24.1 Å². The highest BCUT2D eigenvalue weighted by Crippen LogP contribution is 2.23. The summed E-state index contributed by atoms with van der Waals surface area (Å²) in [4.78, 5) is 0. The largest absolute Gasteiger partial charge is 0.382 e. The van der Waals surface area contributed by atoms with Gasteiger partial charge in [0, 0.05) is 11.7 Å². The highest BCUT2D eigenvalue weighted by molar-refractivity contribution is 6.31. The molecule has 1 atom stereocenters. The molecule has 17 heavy (non-hydrogen) atoms. The van der Waals surface area contributed by atoms with Crippen LogP contribution in [0, 0.1) is 11.7 Å². The first-order valence-electron chi connectivity index (χ1n) is 6.09. The molecule has 1 unspecified atom stereocenters. The number of nitrogens with one attached hydrogen (secondary N) is 2. The summed E-state index contributed by atoms with van der Waals surface area (Å²) >= 11 is 5.76. The zero-order valence-corrected chi connectivity index (χ0v) is 10.7. The number of anilines is 1. The molecule has 2 rings (SSSR count). The fraction of sp³-hybridized carbons (Fsp3) is 0.538. The van der Waals surface area contributed by atoms with Gasteiger partial charge in [0.1, 0.15) is 5.82 Å². The third kappa shape index (κ3) is 3.33. The third-order valence-electron chi connectivity index (χ3n) is 3.40. The number of hydrogen-bond donors (Lipinski definition) is 2. The van der Waals surface area contributed by atoms with Crippen LogP contribution < -0.4 is 10.6 Å². The van der Waals surface area contributed by atoms with Crippen LogP contribution in [0.25, 0.3) is 0 Å². The molecule has 1 heterocycles. The van der Waals surface area contributed by atoms with E-state index in [2.05, 4.69) is 17.6 Å². The Morgan fingerprint density at radius 1 is 1.41 bits per heavy atom. The van der Waals surface area contributed by atoms with Gasteiger partial charge in [-0.3, -0.25) is 0 Å². The van der Waals surface area contributed by atoms with E-state index in [4.69, 9.17) is 11.6 Å². The van der Waals surface area contributed by atoms with Crippen molar-refractivity contribution < 1.29 is 4.39 Å². The number of rotatable bonds is 3. The van der Waals surface area contributed by atoms with Crippen LogP contribution in [0.4, 0.5) is 10.1 Å². The lowest BCUT2D eigenvalue weighted by Crippen LogP contribution is -2.36. The van der Waals surface area contributed by atoms with Gasteiger partial charge in [-0.05, 0) is 57.0 Å². The maximum absolute atomic E-state index is 13.0. The number of halogens is 2. The lowest BCUT2D eigenvalue weighted by Gasteiger charge is -2.29. The van der Waals surface area contributed by atoms with Crippen LogP contribution in [0.2, 0.25) is 5.02 Å². The van der Waals surface area contributed by atoms with Gasteiger partial charge in [-0.15, -0.1) is 0 Å². The first-order chi connectivity index (χ1) is 8.16. The zero-order chi connectivity index (χ0) is 12.3. The highest BCUT2D eigenvalue weighted by atomic mass is 35.5. The molecule has 1 fully saturated rings. The first kappa shape index (κ1) is 12.7. The average Bonchev–Trinajstić information content (AvgIpc) is 2.35. The summed E-state index contributed by atoms with van der Waals surface area (Å²) in [6.45, 7) is 4.34. The summed E-state index contributed by atoms with van der Waals surface area (Å²) in [6.07, 6.45) is 2.37. The summed E-state index contributed by atoms with van der Waals surface area (Å²) in [5, 5.41) is 6.93. The van der Waals surface area contributed by atoms with Gasteiger partial charge in [-0.1, -0.05) is 11.6 Å². The van der Waals surface area contributed by atoms with E-state index in [1.807, 2.05) is 0 Å². The summed E-state index contributed by atoms with van der Waals surface area (Å²) in [5.74, 6) is 0.298. The summed E-state index contributed by atoms with van der Waals surface area (Å²) < 4.78 is 13.0. The molecule has 0 aromatic heterocycles. The Balaban J connectivity index is 1.96. The second-order valence-corrected chi connectivity index (χ2v) is 5.06. The molecular formula is C13H18ClFN2. The van der Waals surface area contributed by atoms with E-state index in [1.54, 1.807) is 12.1 Å². The number of benzene rings is 1. The average molecular weight is 257 g/mol. The minimum absolute atomic E-state index is 0.174.